The van der Waals surface area contributed by atoms with Crippen LogP contribution in [-0.4, -0.2) is 20.7 Å². The van der Waals surface area contributed by atoms with Gasteiger partial charge in [0.15, 0.2) is 5.82 Å². The normalized spacial score (nSPS) is 12.2. The van der Waals surface area contributed by atoms with Crippen molar-refractivity contribution in [3.63, 3.8) is 0 Å². The van der Waals surface area contributed by atoms with Gasteiger partial charge in [-0.15, -0.1) is 0 Å². The summed E-state index contributed by atoms with van der Waals surface area (Å²) in [7, 11) is 0. The van der Waals surface area contributed by atoms with Crippen LogP contribution in [0.1, 0.15) is 13.3 Å². The van der Waals surface area contributed by atoms with Crippen LogP contribution in [0, 0.1) is 0 Å². The van der Waals surface area contributed by atoms with Crippen LogP contribution >= 0.6 is 15.9 Å². The van der Waals surface area contributed by atoms with Gasteiger partial charge in [0.05, 0.1) is 11.0 Å². The third-order valence-corrected chi connectivity index (χ3v) is 2.52. The first-order valence-electron chi connectivity index (χ1n) is 3.95. The summed E-state index contributed by atoms with van der Waals surface area (Å²) in [5.41, 5.74) is 0. The van der Waals surface area contributed by atoms with E-state index < -0.39 is 0 Å². The second kappa shape index (κ2) is 4.91. The lowest BCUT2D eigenvalue weighted by molar-refractivity contribution is -0.115. The molecule has 0 aliphatic carbocycles. The van der Waals surface area contributed by atoms with Gasteiger partial charge < -0.3 is 5.32 Å². The highest BCUT2D eigenvalue weighted by molar-refractivity contribution is 9.10. The minimum atomic E-state index is -0.172. The van der Waals surface area contributed by atoms with Crippen LogP contribution in [-0.2, 0) is 4.79 Å². The van der Waals surface area contributed by atoms with E-state index in [4.69, 9.17) is 0 Å². The molecule has 0 aromatic carbocycles. The number of carbonyl (C=O) groups is 1. The predicted molar refractivity (Wildman–Crippen MR) is 53.7 cm³/mol. The zero-order valence-corrected chi connectivity index (χ0v) is 8.78. The minimum Gasteiger partial charge on any atom is -0.308 e. The topological polar surface area (TPSA) is 54.9 Å². The number of alkyl halides is 1. The average molecular weight is 244 g/mol. The minimum absolute atomic E-state index is 0.0944. The van der Waals surface area contributed by atoms with Crippen molar-refractivity contribution in [3.8, 4) is 0 Å². The molecule has 1 unspecified atom stereocenters. The summed E-state index contributed by atoms with van der Waals surface area (Å²) in [6.45, 7) is 1.93. The van der Waals surface area contributed by atoms with Crippen molar-refractivity contribution in [2.45, 2.75) is 18.2 Å². The molecule has 1 N–H and O–H groups in total. The van der Waals surface area contributed by atoms with Gasteiger partial charge in [-0.3, -0.25) is 9.78 Å². The van der Waals surface area contributed by atoms with Crippen LogP contribution in [0.2, 0.25) is 0 Å². The first kappa shape index (κ1) is 10.1. The molecule has 1 rings (SSSR count). The van der Waals surface area contributed by atoms with Crippen LogP contribution in [0.15, 0.2) is 18.6 Å². The van der Waals surface area contributed by atoms with Crippen molar-refractivity contribution in [1.82, 2.24) is 9.97 Å². The fourth-order valence-corrected chi connectivity index (χ4v) is 0.868. The molecular formula is C8H10BrN3O. The standard InChI is InChI=1S/C8H10BrN3O/c1-2-6(9)8(13)12-7-5-10-3-4-11-7/h3-6H,2H2,1H3,(H,11,12,13). The SMILES string of the molecule is CCC(Br)C(=O)Nc1cnccn1. The second-order valence-electron chi connectivity index (χ2n) is 2.46. The fourth-order valence-electron chi connectivity index (χ4n) is 0.754. The van der Waals surface area contributed by atoms with Crippen molar-refractivity contribution in [2.75, 3.05) is 5.32 Å². The maximum absolute atomic E-state index is 11.3. The number of anilines is 1. The first-order valence-corrected chi connectivity index (χ1v) is 4.86. The molecule has 1 amide bonds. The van der Waals surface area contributed by atoms with Gasteiger partial charge in [-0.05, 0) is 6.42 Å². The van der Waals surface area contributed by atoms with Gasteiger partial charge in [0.25, 0.3) is 0 Å². The quantitative estimate of drug-likeness (QED) is 0.821. The molecule has 0 aliphatic rings. The van der Waals surface area contributed by atoms with Crippen molar-refractivity contribution in [3.05, 3.63) is 18.6 Å². The highest BCUT2D eigenvalue weighted by atomic mass is 79.9. The highest BCUT2D eigenvalue weighted by Crippen LogP contribution is 2.07. The summed E-state index contributed by atoms with van der Waals surface area (Å²) in [5.74, 6) is 0.383. The van der Waals surface area contributed by atoms with Crippen molar-refractivity contribution >= 4 is 27.7 Å². The number of hydrogen-bond acceptors (Lipinski definition) is 3. The molecule has 1 aromatic rings. The van der Waals surface area contributed by atoms with Crippen LogP contribution < -0.4 is 5.32 Å². The molecule has 0 radical (unpaired) electrons. The van der Waals surface area contributed by atoms with Crippen LogP contribution in [0.25, 0.3) is 0 Å². The Labute approximate surface area is 84.9 Å². The Morgan fingerprint density at radius 1 is 1.69 bits per heavy atom. The average Bonchev–Trinajstić information content (AvgIpc) is 2.18. The number of hydrogen-bond donors (Lipinski definition) is 1. The monoisotopic (exact) mass is 243 g/mol. The van der Waals surface area contributed by atoms with Crippen LogP contribution in [0.5, 0.6) is 0 Å². The molecular weight excluding hydrogens is 234 g/mol. The van der Waals surface area contributed by atoms with Gasteiger partial charge in [0, 0.05) is 12.4 Å². The van der Waals surface area contributed by atoms with E-state index in [1.807, 2.05) is 6.92 Å². The van der Waals surface area contributed by atoms with Crippen molar-refractivity contribution in [1.29, 1.82) is 0 Å². The molecule has 5 heteroatoms. The maximum Gasteiger partial charge on any atom is 0.239 e. The Kier molecular flexibility index (Phi) is 3.82. The first-order chi connectivity index (χ1) is 6.24. The second-order valence-corrected chi connectivity index (χ2v) is 3.56. The van der Waals surface area contributed by atoms with Crippen LogP contribution in [0.4, 0.5) is 5.82 Å². The van der Waals surface area contributed by atoms with E-state index in [2.05, 4.69) is 31.2 Å². The van der Waals surface area contributed by atoms with E-state index in [1.54, 1.807) is 6.20 Å². The number of halogens is 1. The molecule has 0 saturated carbocycles. The van der Waals surface area contributed by atoms with E-state index >= 15 is 0 Å². The number of carbonyl (C=O) groups excluding carboxylic acids is 1. The molecule has 1 aromatic heterocycles. The smallest absolute Gasteiger partial charge is 0.239 e. The molecule has 13 heavy (non-hydrogen) atoms. The summed E-state index contributed by atoms with van der Waals surface area (Å²) >= 11 is 3.24. The third-order valence-electron chi connectivity index (χ3n) is 1.46. The van der Waals surface area contributed by atoms with Gasteiger partial charge in [-0.2, -0.15) is 0 Å². The lowest BCUT2D eigenvalue weighted by Gasteiger charge is -2.06. The third kappa shape index (κ3) is 3.10. The summed E-state index contributed by atoms with van der Waals surface area (Å²) in [5, 5.41) is 2.63. The molecule has 4 nitrogen and oxygen atoms in total. The van der Waals surface area contributed by atoms with E-state index in [0.717, 1.165) is 6.42 Å². The van der Waals surface area contributed by atoms with Crippen molar-refractivity contribution < 1.29 is 4.79 Å². The van der Waals surface area contributed by atoms with Gasteiger partial charge >= 0.3 is 0 Å². The highest BCUT2D eigenvalue weighted by Gasteiger charge is 2.12. The summed E-state index contributed by atoms with van der Waals surface area (Å²) in [6, 6.07) is 0. The fraction of sp³-hybridized carbons (Fsp3) is 0.375. The zero-order chi connectivity index (χ0) is 9.68. The number of aromatic nitrogens is 2. The summed E-state index contributed by atoms with van der Waals surface area (Å²) in [4.78, 5) is 18.9. The molecule has 0 aliphatic heterocycles. The molecule has 1 atom stereocenters. The molecule has 1 heterocycles. The number of nitrogens with zero attached hydrogens (tertiary/aromatic N) is 2. The van der Waals surface area contributed by atoms with Gasteiger partial charge in [-0.1, -0.05) is 22.9 Å². The number of rotatable bonds is 3. The van der Waals surface area contributed by atoms with E-state index in [0.29, 0.717) is 5.82 Å². The molecule has 0 spiro atoms. The predicted octanol–water partition coefficient (Wildman–Crippen LogP) is 1.59. The van der Waals surface area contributed by atoms with Crippen molar-refractivity contribution in [2.24, 2.45) is 0 Å². The van der Waals surface area contributed by atoms with E-state index in [-0.39, 0.29) is 10.7 Å². The zero-order valence-electron chi connectivity index (χ0n) is 7.20. The molecule has 0 bridgehead atoms. The Morgan fingerprint density at radius 3 is 3.00 bits per heavy atom. The summed E-state index contributed by atoms with van der Waals surface area (Å²) in [6.07, 6.45) is 5.34. The molecule has 0 saturated heterocycles. The van der Waals surface area contributed by atoms with Crippen LogP contribution in [0.3, 0.4) is 0 Å². The van der Waals surface area contributed by atoms with E-state index in [1.165, 1.54) is 12.4 Å². The van der Waals surface area contributed by atoms with Gasteiger partial charge in [0.2, 0.25) is 5.91 Å². The molecule has 0 fully saturated rings. The Morgan fingerprint density at radius 2 is 2.46 bits per heavy atom. The lowest BCUT2D eigenvalue weighted by atomic mass is 10.3. The summed E-state index contributed by atoms with van der Waals surface area (Å²) < 4.78 is 0. The van der Waals surface area contributed by atoms with Gasteiger partial charge in [0.1, 0.15) is 0 Å². The Bertz CT molecular complexity index is 278. The number of nitrogens with one attached hydrogen (secondary N) is 1. The Balaban J connectivity index is 2.55. The number of amides is 1. The molecule has 70 valence electrons. The van der Waals surface area contributed by atoms with E-state index in [9.17, 15) is 4.79 Å². The Hall–Kier alpha value is -0.970. The maximum atomic E-state index is 11.3. The lowest BCUT2D eigenvalue weighted by Crippen LogP contribution is -2.22. The largest absolute Gasteiger partial charge is 0.308 e. The van der Waals surface area contributed by atoms with Gasteiger partial charge in [-0.25, -0.2) is 4.98 Å².